The highest BCUT2D eigenvalue weighted by Gasteiger charge is 2.23. The molecule has 1 aromatic heterocycles. The molecule has 0 aromatic carbocycles. The molecular weight excluding hydrogens is 154 g/mol. The summed E-state index contributed by atoms with van der Waals surface area (Å²) in [5.41, 5.74) is 0.881. The lowest BCUT2D eigenvalue weighted by Gasteiger charge is -2.19. The maximum Gasteiger partial charge on any atom is 0.0947 e. The minimum Gasteiger partial charge on any atom is -0.340 e. The van der Waals surface area contributed by atoms with E-state index in [9.17, 15) is 0 Å². The molecule has 0 atom stereocenters. The van der Waals surface area contributed by atoms with E-state index >= 15 is 0 Å². The Morgan fingerprint density at radius 3 is 2.75 bits per heavy atom. The number of hydrogen-bond donors (Lipinski definition) is 1. The molecule has 0 aliphatic heterocycles. The van der Waals surface area contributed by atoms with E-state index in [1.807, 2.05) is 31.7 Å². The maximum atomic E-state index is 5.02. The molecule has 4 nitrogen and oxygen atoms in total. The van der Waals surface area contributed by atoms with Crippen molar-refractivity contribution in [2.24, 2.45) is 12.9 Å². The lowest BCUT2D eigenvalue weighted by Crippen LogP contribution is -2.26. The first-order valence-electron chi connectivity index (χ1n) is 3.86. The summed E-state index contributed by atoms with van der Waals surface area (Å²) in [6, 6.07) is 0. The van der Waals surface area contributed by atoms with Crippen molar-refractivity contribution in [3.8, 4) is 0 Å². The molecule has 0 aliphatic rings. The van der Waals surface area contributed by atoms with Crippen LogP contribution in [0.25, 0.3) is 0 Å². The largest absolute Gasteiger partial charge is 0.340 e. The standard InChI is InChI=1S/C8H15N3O/c1-8(2,5-12-9)7-4-11(3)6-10-7/h4,6H,5,9H2,1-3H3. The fourth-order valence-electron chi connectivity index (χ4n) is 1.04. The molecule has 12 heavy (non-hydrogen) atoms. The van der Waals surface area contributed by atoms with E-state index in [2.05, 4.69) is 9.82 Å². The molecular formula is C8H15N3O. The highest BCUT2D eigenvalue weighted by atomic mass is 16.6. The quantitative estimate of drug-likeness (QED) is 0.674. The molecule has 0 saturated heterocycles. The van der Waals surface area contributed by atoms with Crippen molar-refractivity contribution in [1.29, 1.82) is 0 Å². The molecule has 0 saturated carbocycles. The Labute approximate surface area is 72.3 Å². The van der Waals surface area contributed by atoms with Crippen LogP contribution >= 0.6 is 0 Å². The second-order valence-electron chi connectivity index (χ2n) is 3.62. The number of aromatic nitrogens is 2. The third-order valence-electron chi connectivity index (χ3n) is 1.84. The van der Waals surface area contributed by atoms with Gasteiger partial charge in [-0.25, -0.2) is 10.9 Å². The Morgan fingerprint density at radius 2 is 2.33 bits per heavy atom. The average molecular weight is 169 g/mol. The summed E-state index contributed by atoms with van der Waals surface area (Å²) in [6.45, 7) is 4.56. The fraction of sp³-hybridized carbons (Fsp3) is 0.625. The Kier molecular flexibility index (Phi) is 2.49. The third kappa shape index (κ3) is 1.84. The SMILES string of the molecule is Cn1cnc(C(C)(C)CON)c1. The number of imidazole rings is 1. The Morgan fingerprint density at radius 1 is 1.67 bits per heavy atom. The van der Waals surface area contributed by atoms with Crippen LogP contribution in [0, 0.1) is 0 Å². The van der Waals surface area contributed by atoms with E-state index in [-0.39, 0.29) is 5.41 Å². The van der Waals surface area contributed by atoms with Crippen LogP contribution in [0.15, 0.2) is 12.5 Å². The van der Waals surface area contributed by atoms with Crippen LogP contribution in [-0.2, 0) is 17.3 Å². The van der Waals surface area contributed by atoms with Gasteiger partial charge in [0.1, 0.15) is 0 Å². The van der Waals surface area contributed by atoms with Gasteiger partial charge in [0.2, 0.25) is 0 Å². The van der Waals surface area contributed by atoms with Gasteiger partial charge in [-0.3, -0.25) is 0 Å². The number of nitrogens with two attached hydrogens (primary N) is 1. The van der Waals surface area contributed by atoms with E-state index in [1.165, 1.54) is 0 Å². The van der Waals surface area contributed by atoms with Gasteiger partial charge in [-0.05, 0) is 0 Å². The van der Waals surface area contributed by atoms with E-state index in [0.717, 1.165) is 5.69 Å². The van der Waals surface area contributed by atoms with Crippen molar-refractivity contribution < 1.29 is 4.84 Å². The van der Waals surface area contributed by atoms with Crippen molar-refractivity contribution in [1.82, 2.24) is 9.55 Å². The van der Waals surface area contributed by atoms with Crippen LogP contribution in [0.4, 0.5) is 0 Å². The highest BCUT2D eigenvalue weighted by molar-refractivity contribution is 5.10. The second kappa shape index (κ2) is 3.25. The zero-order valence-corrected chi connectivity index (χ0v) is 7.74. The number of rotatable bonds is 3. The van der Waals surface area contributed by atoms with E-state index in [0.29, 0.717) is 6.61 Å². The Bertz CT molecular complexity index is 255. The molecule has 0 fully saturated rings. The first-order chi connectivity index (χ1) is 5.56. The predicted octanol–water partition coefficient (Wildman–Crippen LogP) is 0.588. The van der Waals surface area contributed by atoms with Crippen LogP contribution in [0.2, 0.25) is 0 Å². The first-order valence-corrected chi connectivity index (χ1v) is 3.86. The summed E-state index contributed by atoms with van der Waals surface area (Å²) in [6.07, 6.45) is 3.74. The molecule has 0 aliphatic carbocycles. The zero-order chi connectivity index (χ0) is 9.19. The monoisotopic (exact) mass is 169 g/mol. The van der Waals surface area contributed by atoms with Gasteiger partial charge in [-0.1, -0.05) is 13.8 Å². The fourth-order valence-corrected chi connectivity index (χ4v) is 1.04. The molecule has 0 unspecified atom stereocenters. The topological polar surface area (TPSA) is 53.1 Å². The van der Waals surface area contributed by atoms with Crippen LogP contribution in [0.3, 0.4) is 0 Å². The molecule has 1 rings (SSSR count). The van der Waals surface area contributed by atoms with Crippen molar-refractivity contribution in [3.05, 3.63) is 18.2 Å². The van der Waals surface area contributed by atoms with E-state index in [4.69, 9.17) is 5.90 Å². The first kappa shape index (κ1) is 9.22. The van der Waals surface area contributed by atoms with Crippen LogP contribution in [-0.4, -0.2) is 16.2 Å². The van der Waals surface area contributed by atoms with Crippen LogP contribution in [0.5, 0.6) is 0 Å². The normalized spacial score (nSPS) is 12.0. The molecule has 1 aromatic rings. The summed E-state index contributed by atoms with van der Waals surface area (Å²) < 4.78 is 1.91. The summed E-state index contributed by atoms with van der Waals surface area (Å²) in [7, 11) is 1.94. The van der Waals surface area contributed by atoms with Gasteiger partial charge in [0, 0.05) is 18.7 Å². The summed E-state index contributed by atoms with van der Waals surface area (Å²) in [4.78, 5) is 8.85. The van der Waals surface area contributed by atoms with Gasteiger partial charge >= 0.3 is 0 Å². The van der Waals surface area contributed by atoms with E-state index in [1.54, 1.807) is 6.33 Å². The average Bonchev–Trinajstić information content (AvgIpc) is 2.36. The summed E-state index contributed by atoms with van der Waals surface area (Å²) in [5.74, 6) is 5.02. The van der Waals surface area contributed by atoms with E-state index < -0.39 is 0 Å². The van der Waals surface area contributed by atoms with Crippen molar-refractivity contribution in [3.63, 3.8) is 0 Å². The maximum absolute atomic E-state index is 5.02. The highest BCUT2D eigenvalue weighted by Crippen LogP contribution is 2.20. The molecule has 0 spiro atoms. The third-order valence-corrected chi connectivity index (χ3v) is 1.84. The molecule has 0 amide bonds. The molecule has 2 N–H and O–H groups in total. The van der Waals surface area contributed by atoms with Gasteiger partial charge in [0.15, 0.2) is 0 Å². The lowest BCUT2D eigenvalue weighted by molar-refractivity contribution is 0.0950. The Hall–Kier alpha value is -0.870. The van der Waals surface area contributed by atoms with Crippen LogP contribution < -0.4 is 5.90 Å². The molecule has 68 valence electrons. The predicted molar refractivity (Wildman–Crippen MR) is 46.4 cm³/mol. The van der Waals surface area contributed by atoms with Gasteiger partial charge in [-0.2, -0.15) is 0 Å². The van der Waals surface area contributed by atoms with Gasteiger partial charge in [0.05, 0.1) is 18.6 Å². The summed E-state index contributed by atoms with van der Waals surface area (Å²) in [5, 5.41) is 0. The number of nitrogens with zero attached hydrogens (tertiary/aromatic N) is 2. The molecule has 0 radical (unpaired) electrons. The minimum atomic E-state index is -0.115. The van der Waals surface area contributed by atoms with Gasteiger partial charge < -0.3 is 9.40 Å². The zero-order valence-electron chi connectivity index (χ0n) is 7.74. The molecule has 0 bridgehead atoms. The molecule has 1 heterocycles. The number of hydrogen-bond acceptors (Lipinski definition) is 3. The number of aryl methyl sites for hydroxylation is 1. The van der Waals surface area contributed by atoms with Crippen LogP contribution in [0.1, 0.15) is 19.5 Å². The molecule has 4 heteroatoms. The second-order valence-corrected chi connectivity index (χ2v) is 3.62. The smallest absolute Gasteiger partial charge is 0.0947 e. The van der Waals surface area contributed by atoms with Crippen molar-refractivity contribution in [2.45, 2.75) is 19.3 Å². The lowest BCUT2D eigenvalue weighted by atomic mass is 9.91. The summed E-state index contributed by atoms with van der Waals surface area (Å²) >= 11 is 0. The van der Waals surface area contributed by atoms with Gasteiger partial charge in [-0.15, -0.1) is 0 Å². The van der Waals surface area contributed by atoms with Crippen molar-refractivity contribution in [2.75, 3.05) is 6.61 Å². The Balaban J connectivity index is 2.81. The minimum absolute atomic E-state index is 0.115. The van der Waals surface area contributed by atoms with Crippen molar-refractivity contribution >= 4 is 0 Å². The van der Waals surface area contributed by atoms with Gasteiger partial charge in [0.25, 0.3) is 0 Å².